The second-order valence-corrected chi connectivity index (χ2v) is 5.40. The Hall–Kier alpha value is -3.11. The van der Waals surface area contributed by atoms with Crippen molar-refractivity contribution in [3.8, 4) is 0 Å². The average molecular weight is 409 g/mol. The van der Waals surface area contributed by atoms with Crippen molar-refractivity contribution in [1.82, 2.24) is 0 Å². The van der Waals surface area contributed by atoms with E-state index in [-0.39, 0.29) is 23.9 Å². The lowest BCUT2D eigenvalue weighted by Crippen LogP contribution is -2.22. The predicted octanol–water partition coefficient (Wildman–Crippen LogP) is 4.66. The van der Waals surface area contributed by atoms with Crippen LogP contribution in [0.2, 0.25) is 0 Å². The van der Waals surface area contributed by atoms with Crippen LogP contribution in [-0.2, 0) is 21.9 Å². The van der Waals surface area contributed by atoms with E-state index in [4.69, 9.17) is 0 Å². The van der Waals surface area contributed by atoms with Crippen LogP contribution in [-0.4, -0.2) is 18.5 Å². The number of ether oxygens (including phenoxy) is 1. The fraction of sp³-hybridized carbons (Fsp3) is 0.176. The van der Waals surface area contributed by atoms with Gasteiger partial charge in [0.05, 0.1) is 22.4 Å². The van der Waals surface area contributed by atoms with Gasteiger partial charge in [0.15, 0.2) is 6.61 Å². The zero-order chi connectivity index (χ0) is 21.1. The van der Waals surface area contributed by atoms with Gasteiger partial charge in [-0.1, -0.05) is 12.1 Å². The predicted molar refractivity (Wildman–Crippen MR) is 81.8 cm³/mol. The minimum absolute atomic E-state index is 0.151. The molecule has 28 heavy (non-hydrogen) atoms. The lowest BCUT2D eigenvalue weighted by atomic mass is 10.0. The molecule has 0 aliphatic heterocycles. The highest BCUT2D eigenvalue weighted by Gasteiger charge is 2.37. The van der Waals surface area contributed by atoms with Crippen molar-refractivity contribution in [3.05, 3.63) is 65.0 Å². The molecule has 4 nitrogen and oxygen atoms in total. The summed E-state index contributed by atoms with van der Waals surface area (Å²) in [6.45, 7) is -1.05. The molecule has 2 aromatic rings. The van der Waals surface area contributed by atoms with Crippen LogP contribution < -0.4 is 5.32 Å². The fourth-order valence-corrected chi connectivity index (χ4v) is 2.04. The van der Waals surface area contributed by atoms with E-state index in [0.717, 1.165) is 6.07 Å². The quantitative estimate of drug-likeness (QED) is 0.591. The maximum Gasteiger partial charge on any atom is 0.416 e. The van der Waals surface area contributed by atoms with E-state index in [9.17, 15) is 40.3 Å². The number of carbonyl (C=O) groups excluding carboxylic acids is 2. The van der Waals surface area contributed by atoms with Gasteiger partial charge in [-0.05, 0) is 30.3 Å². The van der Waals surface area contributed by atoms with Crippen molar-refractivity contribution >= 4 is 17.6 Å². The largest absolute Gasteiger partial charge is 0.452 e. The molecule has 0 saturated heterocycles. The van der Waals surface area contributed by atoms with Crippen molar-refractivity contribution in [2.75, 3.05) is 11.9 Å². The lowest BCUT2D eigenvalue weighted by molar-refractivity contribution is -0.143. The van der Waals surface area contributed by atoms with Crippen LogP contribution in [0.15, 0.2) is 42.5 Å². The van der Waals surface area contributed by atoms with Crippen molar-refractivity contribution < 1.29 is 45.1 Å². The number of hydrogen-bond donors (Lipinski definition) is 1. The second-order valence-electron chi connectivity index (χ2n) is 5.40. The van der Waals surface area contributed by atoms with Gasteiger partial charge in [-0.25, -0.2) is 9.18 Å². The van der Waals surface area contributed by atoms with Gasteiger partial charge in [-0.2, -0.15) is 26.3 Å². The zero-order valence-electron chi connectivity index (χ0n) is 13.6. The van der Waals surface area contributed by atoms with Crippen LogP contribution in [0, 0.1) is 5.82 Å². The highest BCUT2D eigenvalue weighted by molar-refractivity contribution is 5.95. The van der Waals surface area contributed by atoms with Crippen LogP contribution in [0.5, 0.6) is 0 Å². The molecule has 2 rings (SSSR count). The molecule has 0 spiro atoms. The molecule has 1 N–H and O–H groups in total. The molecular weight excluding hydrogens is 399 g/mol. The third-order valence-electron chi connectivity index (χ3n) is 3.31. The van der Waals surface area contributed by atoms with Crippen molar-refractivity contribution in [3.63, 3.8) is 0 Å². The molecule has 150 valence electrons. The Labute approximate surface area is 152 Å². The van der Waals surface area contributed by atoms with E-state index in [2.05, 4.69) is 4.74 Å². The summed E-state index contributed by atoms with van der Waals surface area (Å²) in [7, 11) is 0. The SMILES string of the molecule is O=C(COC(=O)c1cc(C(F)(F)F)cc(C(F)(F)F)c1)Nc1ccccc1F. The van der Waals surface area contributed by atoms with Gasteiger partial charge >= 0.3 is 18.3 Å². The van der Waals surface area contributed by atoms with E-state index in [1.807, 2.05) is 5.32 Å². The number of alkyl halides is 6. The molecule has 0 heterocycles. The Kier molecular flexibility index (Phi) is 5.95. The van der Waals surface area contributed by atoms with Crippen molar-refractivity contribution in [2.45, 2.75) is 12.4 Å². The number of para-hydroxylation sites is 1. The topological polar surface area (TPSA) is 55.4 Å². The maximum atomic E-state index is 13.4. The van der Waals surface area contributed by atoms with Crippen LogP contribution in [0.3, 0.4) is 0 Å². The first-order chi connectivity index (χ1) is 12.9. The van der Waals surface area contributed by atoms with Gasteiger partial charge in [0, 0.05) is 0 Å². The molecule has 0 atom stereocenters. The molecule has 0 saturated carbocycles. The summed E-state index contributed by atoms with van der Waals surface area (Å²) in [4.78, 5) is 23.5. The summed E-state index contributed by atoms with van der Waals surface area (Å²) in [6.07, 6.45) is -10.3. The lowest BCUT2D eigenvalue weighted by Gasteiger charge is -2.14. The number of anilines is 1. The Bertz CT molecular complexity index is 859. The number of rotatable bonds is 4. The number of hydrogen-bond acceptors (Lipinski definition) is 3. The third kappa shape index (κ3) is 5.44. The molecule has 0 bridgehead atoms. The fourth-order valence-electron chi connectivity index (χ4n) is 2.04. The Balaban J connectivity index is 2.15. The maximum absolute atomic E-state index is 13.4. The van der Waals surface area contributed by atoms with Gasteiger partial charge in [-0.15, -0.1) is 0 Å². The Morgan fingerprint density at radius 2 is 1.43 bits per heavy atom. The number of amides is 1. The van der Waals surface area contributed by atoms with Crippen LogP contribution >= 0.6 is 0 Å². The number of nitrogens with one attached hydrogen (secondary N) is 1. The Morgan fingerprint density at radius 1 is 0.893 bits per heavy atom. The highest BCUT2D eigenvalue weighted by atomic mass is 19.4. The van der Waals surface area contributed by atoms with Gasteiger partial charge in [0.25, 0.3) is 5.91 Å². The van der Waals surface area contributed by atoms with Crippen LogP contribution in [0.1, 0.15) is 21.5 Å². The van der Waals surface area contributed by atoms with Crippen molar-refractivity contribution in [2.24, 2.45) is 0 Å². The number of carbonyl (C=O) groups is 2. The van der Waals surface area contributed by atoms with Gasteiger partial charge < -0.3 is 10.1 Å². The first kappa shape index (κ1) is 21.2. The van der Waals surface area contributed by atoms with Crippen molar-refractivity contribution in [1.29, 1.82) is 0 Å². The minimum Gasteiger partial charge on any atom is -0.452 e. The second kappa shape index (κ2) is 7.87. The van der Waals surface area contributed by atoms with Crippen LogP contribution in [0.4, 0.5) is 36.4 Å². The van der Waals surface area contributed by atoms with Gasteiger partial charge in [-0.3, -0.25) is 4.79 Å². The van der Waals surface area contributed by atoms with E-state index < -0.39 is 53.3 Å². The average Bonchev–Trinajstić information content (AvgIpc) is 2.59. The third-order valence-corrected chi connectivity index (χ3v) is 3.31. The molecule has 0 radical (unpaired) electrons. The molecule has 0 aliphatic carbocycles. The molecule has 0 fully saturated rings. The number of halogens is 7. The van der Waals surface area contributed by atoms with Crippen LogP contribution in [0.25, 0.3) is 0 Å². The van der Waals surface area contributed by atoms with Gasteiger partial charge in [0.2, 0.25) is 0 Å². The zero-order valence-corrected chi connectivity index (χ0v) is 13.6. The highest BCUT2D eigenvalue weighted by Crippen LogP contribution is 2.36. The number of benzene rings is 2. The molecular formula is C17H10F7NO3. The van der Waals surface area contributed by atoms with E-state index in [0.29, 0.717) is 0 Å². The standard InChI is InChI=1S/C17H10F7NO3/c18-12-3-1-2-4-13(12)25-14(26)8-28-15(27)9-5-10(16(19,20)21)7-11(6-9)17(22,23)24/h1-7H,8H2,(H,25,26). The molecule has 0 aliphatic rings. The van der Waals surface area contributed by atoms with E-state index in [1.54, 1.807) is 0 Å². The minimum atomic E-state index is -5.14. The summed E-state index contributed by atoms with van der Waals surface area (Å²) >= 11 is 0. The molecule has 1 amide bonds. The summed E-state index contributed by atoms with van der Waals surface area (Å²) in [6, 6.07) is 5.16. The molecule has 0 aromatic heterocycles. The number of esters is 1. The van der Waals surface area contributed by atoms with E-state index >= 15 is 0 Å². The smallest absolute Gasteiger partial charge is 0.416 e. The molecule has 2 aromatic carbocycles. The summed E-state index contributed by atoms with van der Waals surface area (Å²) in [5.41, 5.74) is -4.70. The monoisotopic (exact) mass is 409 g/mol. The summed E-state index contributed by atoms with van der Waals surface area (Å²) in [5.74, 6) is -3.42. The molecule has 11 heteroatoms. The van der Waals surface area contributed by atoms with Gasteiger partial charge in [0.1, 0.15) is 5.82 Å². The summed E-state index contributed by atoms with van der Waals surface area (Å²) < 4.78 is 94.5. The normalized spacial score (nSPS) is 11.8. The molecule has 0 unspecified atom stereocenters. The Morgan fingerprint density at radius 3 is 1.93 bits per heavy atom. The summed E-state index contributed by atoms with van der Waals surface area (Å²) in [5, 5.41) is 2.04. The first-order valence-electron chi connectivity index (χ1n) is 7.39. The van der Waals surface area contributed by atoms with E-state index in [1.165, 1.54) is 18.2 Å². The first-order valence-corrected chi connectivity index (χ1v) is 7.39.